The van der Waals surface area contributed by atoms with E-state index in [0.29, 0.717) is 21.7 Å². The summed E-state index contributed by atoms with van der Waals surface area (Å²) in [5, 5.41) is 10.5. The normalized spacial score (nSPS) is 12.9. The van der Waals surface area contributed by atoms with Gasteiger partial charge in [0.15, 0.2) is 0 Å². The van der Waals surface area contributed by atoms with Gasteiger partial charge in [-0.3, -0.25) is 4.21 Å². The van der Waals surface area contributed by atoms with E-state index in [2.05, 4.69) is 9.97 Å². The highest BCUT2D eigenvalue weighted by Crippen LogP contribution is 2.22. The van der Waals surface area contributed by atoms with Gasteiger partial charge in [0.2, 0.25) is 0 Å². The zero-order valence-electron chi connectivity index (χ0n) is 8.17. The fourth-order valence-electron chi connectivity index (χ4n) is 1.34. The molecule has 0 bridgehead atoms. The lowest BCUT2D eigenvalue weighted by Gasteiger charge is -2.03. The number of rotatable bonds is 2. The number of phenols is 1. The number of benzene rings is 1. The van der Waals surface area contributed by atoms with Crippen molar-refractivity contribution >= 4 is 21.7 Å². The first kappa shape index (κ1) is 10.0. The Morgan fingerprint density at radius 1 is 1.40 bits per heavy atom. The molecule has 0 radical (unpaired) electrons. The number of aromatic hydroxyl groups is 1. The predicted octanol–water partition coefficient (Wildman–Crippen LogP) is 1.46. The van der Waals surface area contributed by atoms with Crippen LogP contribution in [0.15, 0.2) is 29.6 Å². The molecule has 1 aromatic heterocycles. The lowest BCUT2D eigenvalue weighted by atomic mass is 10.2. The molecule has 0 aliphatic heterocycles. The molecule has 15 heavy (non-hydrogen) atoms. The van der Waals surface area contributed by atoms with E-state index in [4.69, 9.17) is 0 Å². The van der Waals surface area contributed by atoms with Crippen molar-refractivity contribution in [2.45, 2.75) is 11.9 Å². The van der Waals surface area contributed by atoms with Crippen LogP contribution in [-0.4, -0.2) is 25.0 Å². The first-order chi connectivity index (χ1) is 7.22. The molecule has 1 N–H and O–H groups in total. The maximum absolute atomic E-state index is 11.7. The summed E-state index contributed by atoms with van der Waals surface area (Å²) in [7, 11) is -1.14. The Labute approximate surface area is 89.5 Å². The predicted molar refractivity (Wildman–Crippen MR) is 58.2 cm³/mol. The van der Waals surface area contributed by atoms with Gasteiger partial charge in [0, 0.05) is 11.1 Å². The Bertz CT molecular complexity index is 528. The lowest BCUT2D eigenvalue weighted by Crippen LogP contribution is -1.99. The third kappa shape index (κ3) is 1.83. The van der Waals surface area contributed by atoms with Crippen LogP contribution < -0.4 is 0 Å². The van der Waals surface area contributed by atoms with Crippen molar-refractivity contribution < 1.29 is 9.32 Å². The van der Waals surface area contributed by atoms with E-state index in [1.165, 1.54) is 12.4 Å². The molecule has 1 aromatic carbocycles. The van der Waals surface area contributed by atoms with Gasteiger partial charge >= 0.3 is 0 Å². The number of phenolic OH excluding ortho intramolecular Hbond substituents is 1. The Balaban J connectivity index is 2.74. The van der Waals surface area contributed by atoms with Crippen LogP contribution in [0.25, 0.3) is 10.9 Å². The van der Waals surface area contributed by atoms with Gasteiger partial charge in [-0.1, -0.05) is 6.92 Å². The van der Waals surface area contributed by atoms with E-state index in [1.54, 1.807) is 12.1 Å². The van der Waals surface area contributed by atoms with E-state index >= 15 is 0 Å². The van der Waals surface area contributed by atoms with Crippen molar-refractivity contribution in [2.75, 3.05) is 5.75 Å². The van der Waals surface area contributed by atoms with Crippen molar-refractivity contribution in [3.05, 3.63) is 24.5 Å². The van der Waals surface area contributed by atoms with Crippen molar-refractivity contribution in [2.24, 2.45) is 0 Å². The van der Waals surface area contributed by atoms with E-state index < -0.39 is 10.8 Å². The second-order valence-corrected chi connectivity index (χ2v) is 4.67. The third-order valence-electron chi connectivity index (χ3n) is 2.06. The molecular weight excluding hydrogens is 212 g/mol. The SMILES string of the molecule is CCS(=O)c1ncnc2ccc(O)cc12. The first-order valence-corrected chi connectivity index (χ1v) is 5.86. The molecule has 0 saturated heterocycles. The number of hydrogen-bond acceptors (Lipinski definition) is 4. The molecule has 0 saturated carbocycles. The zero-order valence-corrected chi connectivity index (χ0v) is 8.99. The molecule has 1 unspecified atom stereocenters. The summed E-state index contributed by atoms with van der Waals surface area (Å²) in [6.07, 6.45) is 1.39. The van der Waals surface area contributed by atoms with Gasteiger partial charge in [-0.2, -0.15) is 0 Å². The minimum Gasteiger partial charge on any atom is -0.508 e. The molecule has 78 valence electrons. The van der Waals surface area contributed by atoms with Gasteiger partial charge < -0.3 is 5.11 Å². The molecular formula is C10H10N2O2S. The van der Waals surface area contributed by atoms with Gasteiger partial charge in [0.25, 0.3) is 0 Å². The second kappa shape index (κ2) is 3.94. The second-order valence-electron chi connectivity index (χ2n) is 3.01. The summed E-state index contributed by atoms with van der Waals surface area (Å²) in [5.41, 5.74) is 0.694. The molecule has 1 heterocycles. The molecule has 1 atom stereocenters. The average molecular weight is 222 g/mol. The largest absolute Gasteiger partial charge is 0.508 e. The maximum Gasteiger partial charge on any atom is 0.138 e. The number of aromatic nitrogens is 2. The molecule has 4 nitrogen and oxygen atoms in total. The molecule has 0 fully saturated rings. The average Bonchev–Trinajstić information content (AvgIpc) is 2.27. The molecule has 0 aliphatic rings. The highest BCUT2D eigenvalue weighted by molar-refractivity contribution is 7.85. The van der Waals surface area contributed by atoms with Crippen molar-refractivity contribution in [3.8, 4) is 5.75 Å². The van der Waals surface area contributed by atoms with E-state index in [0.717, 1.165) is 0 Å². The zero-order chi connectivity index (χ0) is 10.8. The van der Waals surface area contributed by atoms with Crippen LogP contribution in [-0.2, 0) is 10.8 Å². The number of nitrogens with zero attached hydrogens (tertiary/aromatic N) is 2. The summed E-state index contributed by atoms with van der Waals surface area (Å²) in [5.74, 6) is 0.633. The topological polar surface area (TPSA) is 63.1 Å². The fraction of sp³-hybridized carbons (Fsp3) is 0.200. The minimum atomic E-state index is -1.14. The highest BCUT2D eigenvalue weighted by Gasteiger charge is 2.09. The molecule has 2 aromatic rings. The maximum atomic E-state index is 11.7. The van der Waals surface area contributed by atoms with Crippen LogP contribution in [0.2, 0.25) is 0 Å². The van der Waals surface area contributed by atoms with Crippen LogP contribution >= 0.6 is 0 Å². The van der Waals surface area contributed by atoms with Gasteiger partial charge in [-0.05, 0) is 18.2 Å². The van der Waals surface area contributed by atoms with Gasteiger partial charge in [-0.25, -0.2) is 9.97 Å². The minimum absolute atomic E-state index is 0.131. The molecule has 2 rings (SSSR count). The quantitative estimate of drug-likeness (QED) is 0.781. The molecule has 0 amide bonds. The molecule has 0 aliphatic carbocycles. The Kier molecular flexibility index (Phi) is 2.64. The Morgan fingerprint density at radius 3 is 2.93 bits per heavy atom. The summed E-state index contributed by atoms with van der Waals surface area (Å²) in [6.45, 7) is 1.83. The summed E-state index contributed by atoms with van der Waals surface area (Å²) in [4.78, 5) is 8.04. The fourth-order valence-corrected chi connectivity index (χ4v) is 2.19. The van der Waals surface area contributed by atoms with Crippen LogP contribution in [0.5, 0.6) is 5.75 Å². The standard InChI is InChI=1S/C10H10N2O2S/c1-2-15(14)10-8-5-7(13)3-4-9(8)11-6-12-10/h3-6,13H,2H2,1H3. The highest BCUT2D eigenvalue weighted by atomic mass is 32.2. The van der Waals surface area contributed by atoms with Gasteiger partial charge in [0.1, 0.15) is 17.1 Å². The van der Waals surface area contributed by atoms with Gasteiger partial charge in [-0.15, -0.1) is 0 Å². The van der Waals surface area contributed by atoms with Crippen LogP contribution in [0.1, 0.15) is 6.92 Å². The van der Waals surface area contributed by atoms with E-state index in [9.17, 15) is 9.32 Å². The van der Waals surface area contributed by atoms with Crippen molar-refractivity contribution in [1.82, 2.24) is 9.97 Å². The van der Waals surface area contributed by atoms with Crippen LogP contribution in [0, 0.1) is 0 Å². The van der Waals surface area contributed by atoms with Crippen LogP contribution in [0.4, 0.5) is 0 Å². The third-order valence-corrected chi connectivity index (χ3v) is 3.34. The number of fused-ring (bicyclic) bond motifs is 1. The lowest BCUT2D eigenvalue weighted by molar-refractivity contribution is 0.476. The Morgan fingerprint density at radius 2 is 2.20 bits per heavy atom. The van der Waals surface area contributed by atoms with Crippen LogP contribution in [0.3, 0.4) is 0 Å². The van der Waals surface area contributed by atoms with E-state index in [-0.39, 0.29) is 5.75 Å². The first-order valence-electron chi connectivity index (χ1n) is 4.54. The van der Waals surface area contributed by atoms with Crippen molar-refractivity contribution in [3.63, 3.8) is 0 Å². The number of hydrogen-bond donors (Lipinski definition) is 1. The summed E-state index contributed by atoms with van der Waals surface area (Å²) in [6, 6.07) is 4.77. The molecule has 0 spiro atoms. The smallest absolute Gasteiger partial charge is 0.138 e. The molecule has 5 heteroatoms. The Hall–Kier alpha value is -1.49. The van der Waals surface area contributed by atoms with Gasteiger partial charge in [0.05, 0.1) is 16.3 Å². The monoisotopic (exact) mass is 222 g/mol. The summed E-state index contributed by atoms with van der Waals surface area (Å²) < 4.78 is 11.7. The van der Waals surface area contributed by atoms with E-state index in [1.807, 2.05) is 6.92 Å². The summed E-state index contributed by atoms with van der Waals surface area (Å²) >= 11 is 0. The van der Waals surface area contributed by atoms with Crippen molar-refractivity contribution in [1.29, 1.82) is 0 Å².